The van der Waals surface area contributed by atoms with Gasteiger partial charge in [-0.25, -0.2) is 13.9 Å². The minimum atomic E-state index is -3.16. The highest BCUT2D eigenvalue weighted by Gasteiger charge is 2.23. The lowest BCUT2D eigenvalue weighted by molar-refractivity contribution is -0.124. The van der Waals surface area contributed by atoms with E-state index in [0.29, 0.717) is 31.7 Å². The molecule has 2 N–H and O–H groups in total. The minimum Gasteiger partial charge on any atom is -0.369 e. The zero-order chi connectivity index (χ0) is 23.1. The van der Waals surface area contributed by atoms with Gasteiger partial charge in [-0.3, -0.25) is 14.8 Å². The van der Waals surface area contributed by atoms with E-state index in [-0.39, 0.29) is 5.78 Å². The molecule has 1 saturated heterocycles. The van der Waals surface area contributed by atoms with E-state index in [9.17, 15) is 18.0 Å². The van der Waals surface area contributed by atoms with Crippen molar-refractivity contribution in [1.82, 2.24) is 9.79 Å². The van der Waals surface area contributed by atoms with Crippen LogP contribution in [0.4, 0.5) is 5.69 Å². The van der Waals surface area contributed by atoms with E-state index in [4.69, 9.17) is 5.21 Å². The minimum absolute atomic E-state index is 0.123. The number of piperazine rings is 1. The molecule has 0 unspecified atom stereocenters. The Labute approximate surface area is 187 Å². The quantitative estimate of drug-likeness (QED) is 0.287. The zero-order valence-electron chi connectivity index (χ0n) is 17.6. The van der Waals surface area contributed by atoms with Gasteiger partial charge in [0.1, 0.15) is 0 Å². The Morgan fingerprint density at radius 2 is 1.41 bits per heavy atom. The normalized spacial score (nSPS) is 15.4. The maximum Gasteiger partial charge on any atom is 0.267 e. The maximum atomic E-state index is 12.5. The van der Waals surface area contributed by atoms with E-state index >= 15 is 0 Å². The monoisotopic (exact) mass is 455 g/mol. The topological polar surface area (TPSA) is 107 Å². The van der Waals surface area contributed by atoms with Crippen molar-refractivity contribution in [3.63, 3.8) is 0 Å². The van der Waals surface area contributed by atoms with Gasteiger partial charge in [0, 0.05) is 43.5 Å². The highest BCUT2D eigenvalue weighted by atomic mass is 32.2. The standard InChI is InChI=1S/C23H25N3O5S/c1-32(30,31)26-16-14-25(15-17-26)21-10-8-20(9-11-21)22(27)12-6-18-2-4-19(5-3-18)7-13-23(28)24-29/h2-13,29H,14-17H2,1H3,(H,24,28)/b12-6+,13-7+. The number of amides is 1. The predicted octanol–water partition coefficient (Wildman–Crippen LogP) is 2.18. The number of benzene rings is 2. The molecule has 2 aromatic carbocycles. The van der Waals surface area contributed by atoms with E-state index in [1.54, 1.807) is 36.4 Å². The predicted molar refractivity (Wildman–Crippen MR) is 124 cm³/mol. The summed E-state index contributed by atoms with van der Waals surface area (Å²) in [5, 5.41) is 8.47. The lowest BCUT2D eigenvalue weighted by Crippen LogP contribution is -2.48. The van der Waals surface area contributed by atoms with Gasteiger partial charge in [0.05, 0.1) is 6.26 Å². The van der Waals surface area contributed by atoms with Gasteiger partial charge in [0.25, 0.3) is 5.91 Å². The molecule has 1 amide bonds. The molecule has 1 fully saturated rings. The summed E-state index contributed by atoms with van der Waals surface area (Å²) < 4.78 is 24.7. The van der Waals surface area contributed by atoms with Crippen molar-refractivity contribution in [3.05, 3.63) is 77.4 Å². The van der Waals surface area contributed by atoms with Crippen molar-refractivity contribution in [2.45, 2.75) is 0 Å². The number of nitrogens with one attached hydrogen (secondary N) is 1. The average Bonchev–Trinajstić information content (AvgIpc) is 2.81. The van der Waals surface area contributed by atoms with Crippen LogP contribution in [0.2, 0.25) is 0 Å². The molecular weight excluding hydrogens is 430 g/mol. The fourth-order valence-corrected chi connectivity index (χ4v) is 4.14. The number of ketones is 1. The van der Waals surface area contributed by atoms with Gasteiger partial charge in [-0.05, 0) is 47.5 Å². The Bertz CT molecular complexity index is 1120. The van der Waals surface area contributed by atoms with Crippen molar-refractivity contribution in [1.29, 1.82) is 0 Å². The molecule has 8 nitrogen and oxygen atoms in total. The van der Waals surface area contributed by atoms with Crippen LogP contribution in [0.1, 0.15) is 21.5 Å². The van der Waals surface area contributed by atoms with Crippen LogP contribution in [0, 0.1) is 0 Å². The van der Waals surface area contributed by atoms with E-state index in [0.717, 1.165) is 16.8 Å². The van der Waals surface area contributed by atoms with Gasteiger partial charge in [-0.1, -0.05) is 30.3 Å². The molecule has 2 aromatic rings. The fraction of sp³-hybridized carbons (Fsp3) is 0.217. The van der Waals surface area contributed by atoms with Gasteiger partial charge in [-0.15, -0.1) is 0 Å². The second-order valence-electron chi connectivity index (χ2n) is 7.37. The summed E-state index contributed by atoms with van der Waals surface area (Å²) in [6, 6.07) is 14.5. The number of allylic oxidation sites excluding steroid dienone is 1. The highest BCUT2D eigenvalue weighted by molar-refractivity contribution is 7.88. The largest absolute Gasteiger partial charge is 0.369 e. The first kappa shape index (κ1) is 23.4. The lowest BCUT2D eigenvalue weighted by Gasteiger charge is -2.34. The number of carbonyl (C=O) groups excluding carboxylic acids is 2. The molecule has 0 atom stereocenters. The molecule has 9 heteroatoms. The van der Waals surface area contributed by atoms with Crippen molar-refractivity contribution in [2.75, 3.05) is 37.3 Å². The van der Waals surface area contributed by atoms with Crippen LogP contribution >= 0.6 is 0 Å². The molecular formula is C23H25N3O5S. The SMILES string of the molecule is CS(=O)(=O)N1CCN(c2ccc(C(=O)/C=C/c3ccc(/C=C/C(=O)NO)cc3)cc2)CC1. The van der Waals surface area contributed by atoms with Gasteiger partial charge in [-0.2, -0.15) is 4.31 Å². The number of carbonyl (C=O) groups is 2. The summed E-state index contributed by atoms with van der Waals surface area (Å²) in [4.78, 5) is 25.6. The van der Waals surface area contributed by atoms with Crippen molar-refractivity contribution >= 4 is 39.6 Å². The number of hydroxylamine groups is 1. The lowest BCUT2D eigenvalue weighted by atomic mass is 10.1. The van der Waals surface area contributed by atoms with Crippen LogP contribution in [-0.2, 0) is 14.8 Å². The van der Waals surface area contributed by atoms with Gasteiger partial charge >= 0.3 is 0 Å². The summed E-state index contributed by atoms with van der Waals surface area (Å²) in [6.07, 6.45) is 7.22. The van der Waals surface area contributed by atoms with Crippen molar-refractivity contribution < 1.29 is 23.2 Å². The number of rotatable bonds is 7. The maximum absolute atomic E-state index is 12.5. The molecule has 0 saturated carbocycles. The zero-order valence-corrected chi connectivity index (χ0v) is 18.5. The number of hydrogen-bond donors (Lipinski definition) is 2. The molecule has 32 heavy (non-hydrogen) atoms. The second kappa shape index (κ2) is 10.4. The van der Waals surface area contributed by atoms with Crippen molar-refractivity contribution in [2.24, 2.45) is 0 Å². The Morgan fingerprint density at radius 3 is 1.91 bits per heavy atom. The van der Waals surface area contributed by atoms with Crippen LogP contribution in [0.15, 0.2) is 60.7 Å². The molecule has 0 aromatic heterocycles. The van der Waals surface area contributed by atoms with Crippen LogP contribution in [-0.4, -0.2) is 62.1 Å². The molecule has 1 aliphatic rings. The third kappa shape index (κ3) is 6.36. The van der Waals surface area contributed by atoms with Crippen LogP contribution in [0.3, 0.4) is 0 Å². The molecule has 3 rings (SSSR count). The van der Waals surface area contributed by atoms with E-state index in [2.05, 4.69) is 4.90 Å². The highest BCUT2D eigenvalue weighted by Crippen LogP contribution is 2.19. The Kier molecular flexibility index (Phi) is 7.57. The van der Waals surface area contributed by atoms with Gasteiger partial charge in [0.15, 0.2) is 5.78 Å². The summed E-state index contributed by atoms with van der Waals surface area (Å²) >= 11 is 0. The second-order valence-corrected chi connectivity index (χ2v) is 9.35. The molecule has 1 heterocycles. The van der Waals surface area contributed by atoms with Crippen LogP contribution < -0.4 is 10.4 Å². The first-order valence-corrected chi connectivity index (χ1v) is 11.9. The number of sulfonamides is 1. The molecule has 0 bridgehead atoms. The smallest absolute Gasteiger partial charge is 0.267 e. The Hall–Kier alpha value is -3.27. The van der Waals surface area contributed by atoms with Gasteiger partial charge in [0.2, 0.25) is 10.0 Å². The van der Waals surface area contributed by atoms with E-state index in [1.165, 1.54) is 28.2 Å². The Morgan fingerprint density at radius 1 is 0.875 bits per heavy atom. The van der Waals surface area contributed by atoms with E-state index < -0.39 is 15.9 Å². The number of anilines is 1. The first-order valence-electron chi connectivity index (χ1n) is 10.0. The van der Waals surface area contributed by atoms with E-state index in [1.807, 2.05) is 24.3 Å². The third-order valence-electron chi connectivity index (χ3n) is 5.13. The van der Waals surface area contributed by atoms with Crippen molar-refractivity contribution in [3.8, 4) is 0 Å². The summed E-state index contributed by atoms with van der Waals surface area (Å²) in [5.41, 5.74) is 4.66. The summed E-state index contributed by atoms with van der Waals surface area (Å²) in [7, 11) is -3.16. The molecule has 0 spiro atoms. The molecule has 0 aliphatic carbocycles. The summed E-state index contributed by atoms with van der Waals surface area (Å²) in [6.45, 7) is 2.11. The molecule has 1 aliphatic heterocycles. The van der Waals surface area contributed by atoms with Crippen LogP contribution in [0.25, 0.3) is 12.2 Å². The molecule has 168 valence electrons. The van der Waals surface area contributed by atoms with Gasteiger partial charge < -0.3 is 4.90 Å². The third-order valence-corrected chi connectivity index (χ3v) is 6.43. The van der Waals surface area contributed by atoms with Crippen LogP contribution in [0.5, 0.6) is 0 Å². The first-order chi connectivity index (χ1) is 15.3. The number of hydrogen-bond acceptors (Lipinski definition) is 6. The summed E-state index contributed by atoms with van der Waals surface area (Å²) in [5.74, 6) is -0.733. The Balaban J connectivity index is 1.57. The fourth-order valence-electron chi connectivity index (χ4n) is 3.31. The molecule has 0 radical (unpaired) electrons. The number of nitrogens with zero attached hydrogens (tertiary/aromatic N) is 2. The average molecular weight is 456 g/mol.